The monoisotopic (exact) mass is 488 g/mol. The predicted molar refractivity (Wildman–Crippen MR) is 127 cm³/mol. The maximum Gasteiger partial charge on any atom is 0.528 e. The Hall–Kier alpha value is -2.16. The summed E-state index contributed by atoms with van der Waals surface area (Å²) in [5.74, 6) is 2.00. The average molecular weight is 489 g/mol. The molecule has 1 aromatic heterocycles. The van der Waals surface area contributed by atoms with E-state index in [1.807, 2.05) is 18.2 Å². The topological polar surface area (TPSA) is 78.7 Å². The first kappa shape index (κ1) is 23.6. The summed E-state index contributed by atoms with van der Waals surface area (Å²) in [7, 11) is 0. The van der Waals surface area contributed by atoms with Gasteiger partial charge in [-0.1, -0.05) is 11.6 Å². The Morgan fingerprint density at radius 1 is 1.03 bits per heavy atom. The van der Waals surface area contributed by atoms with Gasteiger partial charge in [-0.3, -0.25) is 4.57 Å². The van der Waals surface area contributed by atoms with Gasteiger partial charge in [0, 0.05) is 10.9 Å². The van der Waals surface area contributed by atoms with E-state index in [2.05, 4.69) is 14.8 Å². The van der Waals surface area contributed by atoms with Crippen LogP contribution in [0.15, 0.2) is 18.2 Å². The van der Waals surface area contributed by atoms with Crippen LogP contribution < -0.4 is 0 Å². The molecule has 3 aliphatic rings. The minimum atomic E-state index is -0.742. The van der Waals surface area contributed by atoms with E-state index in [4.69, 9.17) is 25.9 Å². The molecule has 2 heterocycles. The predicted octanol–water partition coefficient (Wildman–Crippen LogP) is 5.70. The number of rotatable bonds is 4. The highest BCUT2D eigenvalue weighted by molar-refractivity contribution is 6.30. The van der Waals surface area contributed by atoms with E-state index in [0.29, 0.717) is 36.2 Å². The lowest BCUT2D eigenvalue weighted by Gasteiger charge is -2.34. The fourth-order valence-corrected chi connectivity index (χ4v) is 5.13. The summed E-state index contributed by atoms with van der Waals surface area (Å²) in [5, 5.41) is 11.3. The molecule has 0 N–H and O–H groups in total. The Morgan fingerprint density at radius 3 is 2.44 bits per heavy atom. The molecule has 0 unspecified atom stereocenters. The van der Waals surface area contributed by atoms with Crippen LogP contribution >= 0.6 is 11.6 Å². The first-order valence-corrected chi connectivity index (χ1v) is 12.7. The zero-order valence-corrected chi connectivity index (χ0v) is 20.9. The van der Waals surface area contributed by atoms with Gasteiger partial charge in [0.05, 0.1) is 31.0 Å². The third-order valence-electron chi connectivity index (χ3n) is 6.77. The number of carbonyl (C=O) groups is 1. The van der Waals surface area contributed by atoms with Crippen molar-refractivity contribution in [2.75, 3.05) is 0 Å². The quantitative estimate of drug-likeness (QED) is 0.511. The highest BCUT2D eigenvalue weighted by atomic mass is 35.5. The lowest BCUT2D eigenvalue weighted by atomic mass is 9.86. The van der Waals surface area contributed by atoms with Crippen LogP contribution in [0.4, 0.5) is 4.79 Å². The standard InChI is InChI=1S/C25H33ClN4O4/c1-25(2,3)33-24(31)34-29-14-17-13-18(26)9-12-21(17)30-22(15-29)27-28-23(30)16-7-10-20(11-8-16)32-19-5-4-6-19/h9,12-13,16,19-20H,4-8,10-11,14-15H2,1-3H3/t16-,20-. The zero-order chi connectivity index (χ0) is 23.9. The molecule has 8 nitrogen and oxygen atoms in total. The second kappa shape index (κ2) is 9.47. The molecule has 1 aromatic carbocycles. The molecular weight excluding hydrogens is 456 g/mol. The lowest BCUT2D eigenvalue weighted by Crippen LogP contribution is -2.31. The van der Waals surface area contributed by atoms with E-state index in [1.165, 1.54) is 19.3 Å². The molecule has 5 rings (SSSR count). The number of hydrogen-bond acceptors (Lipinski definition) is 7. The molecule has 0 radical (unpaired) electrons. The number of halogens is 1. The van der Waals surface area contributed by atoms with Crippen molar-refractivity contribution in [3.8, 4) is 5.69 Å². The second-order valence-corrected chi connectivity index (χ2v) is 11.0. The number of ether oxygens (including phenoxy) is 2. The van der Waals surface area contributed by atoms with Crippen molar-refractivity contribution < 1.29 is 19.1 Å². The number of hydroxylamine groups is 2. The first-order chi connectivity index (χ1) is 16.2. The maximum absolute atomic E-state index is 12.3. The summed E-state index contributed by atoms with van der Waals surface area (Å²) in [6.07, 6.45) is 7.94. The van der Waals surface area contributed by atoms with Crippen LogP contribution in [-0.2, 0) is 27.4 Å². The van der Waals surface area contributed by atoms with Crippen molar-refractivity contribution in [3.63, 3.8) is 0 Å². The van der Waals surface area contributed by atoms with Crippen LogP contribution in [0.3, 0.4) is 0 Å². The smallest absolute Gasteiger partial charge is 0.427 e. The van der Waals surface area contributed by atoms with Crippen LogP contribution in [-0.4, -0.2) is 43.8 Å². The minimum absolute atomic E-state index is 0.304. The summed E-state index contributed by atoms with van der Waals surface area (Å²) in [6.45, 7) is 6.10. The van der Waals surface area contributed by atoms with Gasteiger partial charge in [0.25, 0.3) is 0 Å². The summed E-state index contributed by atoms with van der Waals surface area (Å²) in [6, 6.07) is 5.78. The minimum Gasteiger partial charge on any atom is -0.427 e. The number of carbonyl (C=O) groups excluding carboxylic acids is 1. The normalized spacial score (nSPS) is 23.4. The molecule has 2 fully saturated rings. The number of benzene rings is 1. The molecule has 184 valence electrons. The maximum atomic E-state index is 12.3. The number of nitrogens with zero attached hydrogens (tertiary/aromatic N) is 4. The Balaban J connectivity index is 1.37. The molecular formula is C25H33ClN4O4. The van der Waals surface area contributed by atoms with Crippen molar-refractivity contribution in [2.24, 2.45) is 0 Å². The molecule has 34 heavy (non-hydrogen) atoms. The summed E-state index contributed by atoms with van der Waals surface area (Å²) in [4.78, 5) is 17.9. The van der Waals surface area contributed by atoms with Gasteiger partial charge in [0.1, 0.15) is 11.4 Å². The molecule has 0 bridgehead atoms. The zero-order valence-electron chi connectivity index (χ0n) is 20.1. The van der Waals surface area contributed by atoms with Crippen molar-refractivity contribution in [1.29, 1.82) is 0 Å². The Bertz CT molecular complexity index is 1040. The Labute approximate surface area is 205 Å². The number of aromatic nitrogens is 3. The molecule has 9 heteroatoms. The highest BCUT2D eigenvalue weighted by Crippen LogP contribution is 2.38. The molecule has 0 saturated heterocycles. The Morgan fingerprint density at radius 2 is 1.76 bits per heavy atom. The van der Waals surface area contributed by atoms with Gasteiger partial charge in [-0.25, -0.2) is 4.79 Å². The van der Waals surface area contributed by atoms with E-state index in [1.54, 1.807) is 25.8 Å². The van der Waals surface area contributed by atoms with E-state index < -0.39 is 11.8 Å². The molecule has 2 saturated carbocycles. The van der Waals surface area contributed by atoms with Crippen LogP contribution in [0, 0.1) is 0 Å². The van der Waals surface area contributed by atoms with Crippen molar-refractivity contribution in [3.05, 3.63) is 40.4 Å². The second-order valence-electron chi connectivity index (χ2n) is 10.6. The number of fused-ring (bicyclic) bond motifs is 3. The highest BCUT2D eigenvalue weighted by Gasteiger charge is 2.33. The van der Waals surface area contributed by atoms with Gasteiger partial charge >= 0.3 is 6.16 Å². The molecule has 0 atom stereocenters. The van der Waals surface area contributed by atoms with Gasteiger partial charge in [-0.15, -0.1) is 15.3 Å². The van der Waals surface area contributed by atoms with Crippen LogP contribution in [0.25, 0.3) is 5.69 Å². The average Bonchev–Trinajstić information content (AvgIpc) is 3.06. The van der Waals surface area contributed by atoms with Gasteiger partial charge < -0.3 is 14.3 Å². The van der Waals surface area contributed by atoms with E-state index in [0.717, 1.165) is 48.6 Å². The van der Waals surface area contributed by atoms with Gasteiger partial charge in [-0.2, -0.15) is 0 Å². The van der Waals surface area contributed by atoms with E-state index >= 15 is 0 Å². The third-order valence-corrected chi connectivity index (χ3v) is 7.01. The van der Waals surface area contributed by atoms with Crippen molar-refractivity contribution in [2.45, 2.75) is 103 Å². The molecule has 1 aliphatic heterocycles. The largest absolute Gasteiger partial charge is 0.528 e. The van der Waals surface area contributed by atoms with Crippen LogP contribution in [0.5, 0.6) is 0 Å². The Kier molecular flexibility index (Phi) is 6.57. The fourth-order valence-electron chi connectivity index (χ4n) is 4.94. The molecule has 2 aliphatic carbocycles. The van der Waals surface area contributed by atoms with Gasteiger partial charge in [0.15, 0.2) is 5.82 Å². The van der Waals surface area contributed by atoms with E-state index in [-0.39, 0.29) is 0 Å². The van der Waals surface area contributed by atoms with Crippen molar-refractivity contribution in [1.82, 2.24) is 19.8 Å². The van der Waals surface area contributed by atoms with Crippen molar-refractivity contribution >= 4 is 17.8 Å². The first-order valence-electron chi connectivity index (χ1n) is 12.3. The van der Waals surface area contributed by atoms with Gasteiger partial charge in [0.2, 0.25) is 0 Å². The van der Waals surface area contributed by atoms with Crippen LogP contribution in [0.1, 0.15) is 88.8 Å². The van der Waals surface area contributed by atoms with Gasteiger partial charge in [-0.05, 0) is 89.5 Å². The fraction of sp³-hybridized carbons (Fsp3) is 0.640. The van der Waals surface area contributed by atoms with Crippen LogP contribution in [0.2, 0.25) is 5.02 Å². The summed E-state index contributed by atoms with van der Waals surface area (Å²) < 4.78 is 13.7. The summed E-state index contributed by atoms with van der Waals surface area (Å²) >= 11 is 6.33. The molecule has 2 aromatic rings. The molecule has 0 spiro atoms. The lowest BCUT2D eigenvalue weighted by molar-refractivity contribution is -0.155. The number of hydrogen-bond donors (Lipinski definition) is 0. The summed E-state index contributed by atoms with van der Waals surface area (Å²) in [5.41, 5.74) is 1.28. The SMILES string of the molecule is CC(C)(C)OC(=O)ON1Cc2cc(Cl)ccc2-n2c(nnc2[C@H]2CC[C@H](OC3CCC3)CC2)C1. The molecule has 0 amide bonds. The third kappa shape index (κ3) is 5.24. The van der Waals surface area contributed by atoms with E-state index in [9.17, 15) is 4.79 Å².